The first-order valence-corrected chi connectivity index (χ1v) is 8.87. The van der Waals surface area contributed by atoms with E-state index in [0.29, 0.717) is 23.7 Å². The van der Waals surface area contributed by atoms with Crippen molar-refractivity contribution in [2.75, 3.05) is 14.2 Å². The van der Waals surface area contributed by atoms with Gasteiger partial charge in [0.1, 0.15) is 23.9 Å². The van der Waals surface area contributed by atoms with Gasteiger partial charge in [0.25, 0.3) is 5.91 Å². The van der Waals surface area contributed by atoms with Gasteiger partial charge >= 0.3 is 0 Å². The van der Waals surface area contributed by atoms with Crippen LogP contribution < -0.4 is 19.6 Å². The number of ether oxygens (including phenoxy) is 3. The molecule has 0 aliphatic heterocycles. The average molecular weight is 391 g/mol. The second-order valence-corrected chi connectivity index (χ2v) is 5.97. The quantitative estimate of drug-likeness (QED) is 0.470. The molecule has 0 saturated carbocycles. The molecule has 0 saturated heterocycles. The second-order valence-electron chi connectivity index (χ2n) is 5.97. The van der Waals surface area contributed by atoms with E-state index in [2.05, 4.69) is 15.5 Å². The number of hydrogen-bond acceptors (Lipinski definition) is 6. The number of aromatic nitrogens is 1. The highest BCUT2D eigenvalue weighted by atomic mass is 16.5. The lowest BCUT2D eigenvalue weighted by molar-refractivity contribution is 0.0955. The molecule has 0 atom stereocenters. The third-order valence-corrected chi connectivity index (χ3v) is 4.06. The summed E-state index contributed by atoms with van der Waals surface area (Å²) in [4.78, 5) is 15.9. The lowest BCUT2D eigenvalue weighted by atomic mass is 10.1. The van der Waals surface area contributed by atoms with Gasteiger partial charge in [0, 0.05) is 29.6 Å². The molecule has 0 spiro atoms. The normalized spacial score (nSPS) is 10.6. The van der Waals surface area contributed by atoms with Gasteiger partial charge in [-0.2, -0.15) is 5.10 Å². The molecule has 1 aromatic heterocycles. The Balaban J connectivity index is 1.67. The topological polar surface area (TPSA) is 82.0 Å². The van der Waals surface area contributed by atoms with Crippen molar-refractivity contribution in [2.45, 2.75) is 6.61 Å². The Bertz CT molecular complexity index is 990. The third kappa shape index (κ3) is 5.55. The van der Waals surface area contributed by atoms with Gasteiger partial charge in [-0.15, -0.1) is 0 Å². The van der Waals surface area contributed by atoms with E-state index in [4.69, 9.17) is 14.2 Å². The maximum Gasteiger partial charge on any atom is 0.271 e. The van der Waals surface area contributed by atoms with Crippen LogP contribution in [0.1, 0.15) is 21.5 Å². The maximum atomic E-state index is 12.0. The summed E-state index contributed by atoms with van der Waals surface area (Å²) in [5.74, 6) is 1.81. The van der Waals surface area contributed by atoms with Crippen molar-refractivity contribution in [2.24, 2.45) is 5.10 Å². The fourth-order valence-electron chi connectivity index (χ4n) is 2.58. The van der Waals surface area contributed by atoms with Gasteiger partial charge in [-0.05, 0) is 48.0 Å². The monoisotopic (exact) mass is 391 g/mol. The van der Waals surface area contributed by atoms with Crippen LogP contribution in [-0.4, -0.2) is 31.3 Å². The van der Waals surface area contributed by atoms with Crippen LogP contribution in [0.15, 0.2) is 72.1 Å². The first kappa shape index (κ1) is 19.9. The van der Waals surface area contributed by atoms with Gasteiger partial charge in [-0.3, -0.25) is 9.78 Å². The van der Waals surface area contributed by atoms with Crippen LogP contribution in [0.2, 0.25) is 0 Å². The number of carbonyl (C=O) groups excluding carboxylic acids is 1. The molecule has 0 bridgehead atoms. The van der Waals surface area contributed by atoms with Crippen molar-refractivity contribution in [3.8, 4) is 17.2 Å². The minimum atomic E-state index is -0.307. The van der Waals surface area contributed by atoms with Crippen LogP contribution in [0, 0.1) is 0 Å². The Hall–Kier alpha value is -3.87. The summed E-state index contributed by atoms with van der Waals surface area (Å²) in [6.45, 7) is 0.307. The zero-order chi connectivity index (χ0) is 20.5. The van der Waals surface area contributed by atoms with Gasteiger partial charge < -0.3 is 14.2 Å². The molecule has 7 nitrogen and oxygen atoms in total. The Labute approximate surface area is 169 Å². The van der Waals surface area contributed by atoms with Crippen LogP contribution in [0.5, 0.6) is 17.2 Å². The molecular formula is C22H21N3O4. The number of benzene rings is 2. The Kier molecular flexibility index (Phi) is 6.78. The molecule has 0 unspecified atom stereocenters. The Morgan fingerprint density at radius 1 is 1.03 bits per heavy atom. The molecule has 0 radical (unpaired) electrons. The SMILES string of the molecule is COc1cccc(OCc2cc(/C=N/NC(=O)c3ccncc3)ccc2OC)c1. The van der Waals surface area contributed by atoms with E-state index in [1.54, 1.807) is 45.0 Å². The smallest absolute Gasteiger partial charge is 0.271 e. The zero-order valence-corrected chi connectivity index (χ0v) is 16.2. The summed E-state index contributed by atoms with van der Waals surface area (Å²) in [7, 11) is 3.21. The van der Waals surface area contributed by atoms with E-state index < -0.39 is 0 Å². The van der Waals surface area contributed by atoms with Crippen molar-refractivity contribution in [3.63, 3.8) is 0 Å². The van der Waals surface area contributed by atoms with Crippen molar-refractivity contribution >= 4 is 12.1 Å². The highest BCUT2D eigenvalue weighted by Crippen LogP contribution is 2.24. The van der Waals surface area contributed by atoms with E-state index in [-0.39, 0.29) is 5.91 Å². The Morgan fingerprint density at radius 3 is 2.59 bits per heavy atom. The average Bonchev–Trinajstić information content (AvgIpc) is 2.78. The van der Waals surface area contributed by atoms with Gasteiger partial charge in [-0.1, -0.05) is 6.07 Å². The van der Waals surface area contributed by atoms with Crippen molar-refractivity contribution in [1.29, 1.82) is 0 Å². The third-order valence-electron chi connectivity index (χ3n) is 4.06. The number of pyridine rings is 1. The highest BCUT2D eigenvalue weighted by Gasteiger charge is 2.07. The first-order valence-electron chi connectivity index (χ1n) is 8.87. The van der Waals surface area contributed by atoms with Gasteiger partial charge in [0.15, 0.2) is 0 Å². The molecule has 0 aliphatic rings. The number of hydrogen-bond donors (Lipinski definition) is 1. The van der Waals surface area contributed by atoms with Crippen molar-refractivity contribution in [3.05, 3.63) is 83.7 Å². The maximum absolute atomic E-state index is 12.0. The van der Waals surface area contributed by atoms with E-state index >= 15 is 0 Å². The van der Waals surface area contributed by atoms with Gasteiger partial charge in [-0.25, -0.2) is 5.43 Å². The van der Waals surface area contributed by atoms with Gasteiger partial charge in [0.05, 0.1) is 20.4 Å². The Morgan fingerprint density at radius 2 is 1.83 bits per heavy atom. The van der Waals surface area contributed by atoms with E-state index in [1.807, 2.05) is 42.5 Å². The molecule has 148 valence electrons. The fraction of sp³-hybridized carbons (Fsp3) is 0.136. The van der Waals surface area contributed by atoms with Crippen LogP contribution in [0.4, 0.5) is 0 Å². The van der Waals surface area contributed by atoms with E-state index in [1.165, 1.54) is 0 Å². The number of amides is 1. The lowest BCUT2D eigenvalue weighted by Crippen LogP contribution is -2.17. The largest absolute Gasteiger partial charge is 0.497 e. The number of nitrogens with zero attached hydrogens (tertiary/aromatic N) is 2. The minimum Gasteiger partial charge on any atom is -0.497 e. The summed E-state index contributed by atoms with van der Waals surface area (Å²) in [6.07, 6.45) is 4.67. The molecule has 0 aliphatic carbocycles. The number of methoxy groups -OCH3 is 2. The van der Waals surface area contributed by atoms with Crippen LogP contribution in [0.3, 0.4) is 0 Å². The molecule has 7 heteroatoms. The second kappa shape index (κ2) is 9.89. The summed E-state index contributed by atoms with van der Waals surface area (Å²) in [5, 5.41) is 4.01. The molecule has 3 aromatic rings. The molecule has 29 heavy (non-hydrogen) atoms. The molecular weight excluding hydrogens is 370 g/mol. The predicted molar refractivity (Wildman–Crippen MR) is 110 cm³/mol. The predicted octanol–water partition coefficient (Wildman–Crippen LogP) is 3.44. The summed E-state index contributed by atoms with van der Waals surface area (Å²) >= 11 is 0. The first-order chi connectivity index (χ1) is 14.2. The number of rotatable bonds is 8. The molecule has 1 amide bonds. The number of carbonyl (C=O) groups is 1. The number of nitrogens with one attached hydrogen (secondary N) is 1. The van der Waals surface area contributed by atoms with Crippen LogP contribution in [0.25, 0.3) is 0 Å². The molecule has 1 heterocycles. The molecule has 0 fully saturated rings. The minimum absolute atomic E-state index is 0.307. The summed E-state index contributed by atoms with van der Waals surface area (Å²) in [5.41, 5.74) is 4.62. The number of hydrazone groups is 1. The molecule has 1 N–H and O–H groups in total. The summed E-state index contributed by atoms with van der Waals surface area (Å²) in [6, 6.07) is 16.2. The molecule has 3 rings (SSSR count). The standard InChI is InChI=1S/C22H21N3O4/c1-27-19-4-3-5-20(13-19)29-15-18-12-16(6-7-21(18)28-2)14-24-25-22(26)17-8-10-23-11-9-17/h3-14H,15H2,1-2H3,(H,25,26)/b24-14+. The fourth-order valence-corrected chi connectivity index (χ4v) is 2.58. The van der Waals surface area contributed by atoms with Crippen LogP contribution in [-0.2, 0) is 6.61 Å². The van der Waals surface area contributed by atoms with Gasteiger partial charge in [0.2, 0.25) is 0 Å². The lowest BCUT2D eigenvalue weighted by Gasteiger charge is -2.12. The summed E-state index contributed by atoms with van der Waals surface area (Å²) < 4.78 is 16.5. The van der Waals surface area contributed by atoms with Crippen LogP contribution >= 0.6 is 0 Å². The van der Waals surface area contributed by atoms with Crippen molar-refractivity contribution in [1.82, 2.24) is 10.4 Å². The van der Waals surface area contributed by atoms with E-state index in [0.717, 1.165) is 16.9 Å². The van der Waals surface area contributed by atoms with Crippen molar-refractivity contribution < 1.29 is 19.0 Å². The van der Waals surface area contributed by atoms with E-state index in [9.17, 15) is 4.79 Å². The highest BCUT2D eigenvalue weighted by molar-refractivity contribution is 5.94. The molecule has 2 aromatic carbocycles. The zero-order valence-electron chi connectivity index (χ0n) is 16.2.